The van der Waals surface area contributed by atoms with E-state index in [9.17, 15) is 9.59 Å². The Balaban J connectivity index is 3.39. The molecule has 2 N–H and O–H groups in total. The maximum absolute atomic E-state index is 11.7. The van der Waals surface area contributed by atoms with E-state index in [4.69, 9.17) is 5.11 Å². The van der Waals surface area contributed by atoms with Crippen molar-refractivity contribution in [2.45, 2.75) is 58.3 Å². The largest absolute Gasteiger partial charge is 0.481 e. The van der Waals surface area contributed by atoms with Gasteiger partial charge in [-0.05, 0) is 19.3 Å². The molecule has 0 atom stereocenters. The minimum absolute atomic E-state index is 0.0124. The van der Waals surface area contributed by atoms with Gasteiger partial charge in [-0.25, -0.2) is 4.79 Å². The zero-order chi connectivity index (χ0) is 14.5. The zero-order valence-corrected chi connectivity index (χ0v) is 12.3. The topological polar surface area (TPSA) is 69.6 Å². The average molecular weight is 272 g/mol. The summed E-state index contributed by atoms with van der Waals surface area (Å²) in [5.74, 6) is -0.734. The molecule has 0 aromatic rings. The van der Waals surface area contributed by atoms with Gasteiger partial charge in [0.1, 0.15) is 0 Å². The Kier molecular flexibility index (Phi) is 11.0. The molecule has 0 unspecified atom stereocenters. The highest BCUT2D eigenvalue weighted by molar-refractivity contribution is 5.73. The van der Waals surface area contributed by atoms with Crippen molar-refractivity contribution in [1.29, 1.82) is 0 Å². The van der Waals surface area contributed by atoms with Crippen LogP contribution < -0.4 is 5.32 Å². The SMILES string of the molecule is CCCCCN(C)C(=O)NCCCCCCC(=O)O. The second-order valence-electron chi connectivity index (χ2n) is 4.92. The number of nitrogens with zero attached hydrogens (tertiary/aromatic N) is 1. The molecular weight excluding hydrogens is 244 g/mol. The van der Waals surface area contributed by atoms with Gasteiger partial charge in [-0.3, -0.25) is 4.79 Å². The first-order valence-electron chi connectivity index (χ1n) is 7.28. The number of amides is 2. The molecule has 0 saturated carbocycles. The molecular formula is C14H28N2O3. The monoisotopic (exact) mass is 272 g/mol. The fourth-order valence-electron chi connectivity index (χ4n) is 1.79. The van der Waals surface area contributed by atoms with Crippen molar-refractivity contribution in [2.24, 2.45) is 0 Å². The molecule has 0 aliphatic carbocycles. The van der Waals surface area contributed by atoms with Gasteiger partial charge in [0.25, 0.3) is 0 Å². The number of nitrogens with one attached hydrogen (secondary N) is 1. The van der Waals surface area contributed by atoms with Gasteiger partial charge in [0.15, 0.2) is 0 Å². The summed E-state index contributed by atoms with van der Waals surface area (Å²) in [6.45, 7) is 3.62. The van der Waals surface area contributed by atoms with E-state index in [2.05, 4.69) is 12.2 Å². The second-order valence-corrected chi connectivity index (χ2v) is 4.92. The minimum Gasteiger partial charge on any atom is -0.481 e. The molecule has 0 bridgehead atoms. The molecule has 5 heteroatoms. The third kappa shape index (κ3) is 11.6. The highest BCUT2D eigenvalue weighted by Crippen LogP contribution is 2.02. The number of hydrogen-bond donors (Lipinski definition) is 2. The lowest BCUT2D eigenvalue weighted by Gasteiger charge is -2.17. The van der Waals surface area contributed by atoms with Gasteiger partial charge in [0.05, 0.1) is 0 Å². The smallest absolute Gasteiger partial charge is 0.317 e. The van der Waals surface area contributed by atoms with Crippen LogP contribution in [-0.2, 0) is 4.79 Å². The normalized spacial score (nSPS) is 10.2. The van der Waals surface area contributed by atoms with Crippen LogP contribution in [0.5, 0.6) is 0 Å². The predicted molar refractivity (Wildman–Crippen MR) is 76.3 cm³/mol. The molecule has 0 radical (unpaired) electrons. The van der Waals surface area contributed by atoms with Gasteiger partial charge in [0, 0.05) is 26.6 Å². The van der Waals surface area contributed by atoms with Crippen LogP contribution in [-0.4, -0.2) is 42.1 Å². The first-order chi connectivity index (χ1) is 9.07. The van der Waals surface area contributed by atoms with Crippen molar-refractivity contribution < 1.29 is 14.7 Å². The number of carboxylic acids is 1. The first-order valence-corrected chi connectivity index (χ1v) is 7.28. The average Bonchev–Trinajstić information content (AvgIpc) is 2.37. The van der Waals surface area contributed by atoms with Gasteiger partial charge in [-0.1, -0.05) is 32.6 Å². The number of unbranched alkanes of at least 4 members (excludes halogenated alkanes) is 5. The van der Waals surface area contributed by atoms with Crippen molar-refractivity contribution in [3.63, 3.8) is 0 Å². The van der Waals surface area contributed by atoms with E-state index in [-0.39, 0.29) is 12.5 Å². The fraction of sp³-hybridized carbons (Fsp3) is 0.857. The summed E-state index contributed by atoms with van der Waals surface area (Å²) < 4.78 is 0. The molecule has 0 aromatic heterocycles. The lowest BCUT2D eigenvalue weighted by molar-refractivity contribution is -0.137. The summed E-state index contributed by atoms with van der Waals surface area (Å²) >= 11 is 0. The van der Waals surface area contributed by atoms with Crippen LogP contribution in [0.2, 0.25) is 0 Å². The van der Waals surface area contributed by atoms with Gasteiger partial charge < -0.3 is 15.3 Å². The fourth-order valence-corrected chi connectivity index (χ4v) is 1.79. The Hall–Kier alpha value is -1.26. The van der Waals surface area contributed by atoms with Crippen LogP contribution in [0.1, 0.15) is 58.3 Å². The summed E-state index contributed by atoms with van der Waals surface area (Å²) in [5.41, 5.74) is 0. The summed E-state index contributed by atoms with van der Waals surface area (Å²) in [6.07, 6.45) is 7.12. The molecule has 0 rings (SSSR count). The lowest BCUT2D eigenvalue weighted by atomic mass is 10.1. The van der Waals surface area contributed by atoms with Crippen LogP contribution in [0.4, 0.5) is 4.79 Å². The molecule has 2 amide bonds. The van der Waals surface area contributed by atoms with Crippen molar-refractivity contribution in [3.05, 3.63) is 0 Å². The molecule has 19 heavy (non-hydrogen) atoms. The van der Waals surface area contributed by atoms with Crippen LogP contribution in [0.25, 0.3) is 0 Å². The molecule has 112 valence electrons. The van der Waals surface area contributed by atoms with E-state index in [1.165, 1.54) is 0 Å². The van der Waals surface area contributed by atoms with E-state index in [1.807, 2.05) is 7.05 Å². The highest BCUT2D eigenvalue weighted by Gasteiger charge is 2.06. The molecule has 0 fully saturated rings. The quantitative estimate of drug-likeness (QED) is 0.568. The Morgan fingerprint density at radius 2 is 1.74 bits per heavy atom. The maximum Gasteiger partial charge on any atom is 0.317 e. The van der Waals surface area contributed by atoms with Gasteiger partial charge in [-0.2, -0.15) is 0 Å². The van der Waals surface area contributed by atoms with E-state index in [0.717, 1.165) is 51.5 Å². The highest BCUT2D eigenvalue weighted by atomic mass is 16.4. The third-order valence-corrected chi connectivity index (χ3v) is 3.04. The Morgan fingerprint density at radius 3 is 2.37 bits per heavy atom. The number of rotatable bonds is 11. The van der Waals surface area contributed by atoms with Crippen LogP contribution in [0.3, 0.4) is 0 Å². The standard InChI is InChI=1S/C14H28N2O3/c1-3-4-9-12-16(2)14(19)15-11-8-6-5-7-10-13(17)18/h3-12H2,1-2H3,(H,15,19)(H,17,18). The molecule has 0 heterocycles. The summed E-state index contributed by atoms with van der Waals surface area (Å²) in [5, 5.41) is 11.4. The second kappa shape index (κ2) is 11.8. The Morgan fingerprint density at radius 1 is 1.05 bits per heavy atom. The number of aliphatic carboxylic acids is 1. The molecule has 0 aliphatic heterocycles. The van der Waals surface area contributed by atoms with Crippen LogP contribution in [0, 0.1) is 0 Å². The number of urea groups is 1. The summed E-state index contributed by atoms with van der Waals surface area (Å²) in [6, 6.07) is -0.0124. The lowest BCUT2D eigenvalue weighted by Crippen LogP contribution is -2.38. The number of hydrogen-bond acceptors (Lipinski definition) is 2. The number of carbonyl (C=O) groups excluding carboxylic acids is 1. The molecule has 0 saturated heterocycles. The summed E-state index contributed by atoms with van der Waals surface area (Å²) in [7, 11) is 1.82. The number of carboxylic acid groups (broad SMARTS) is 1. The summed E-state index contributed by atoms with van der Waals surface area (Å²) in [4.78, 5) is 23.7. The zero-order valence-electron chi connectivity index (χ0n) is 12.3. The van der Waals surface area contributed by atoms with Crippen molar-refractivity contribution >= 4 is 12.0 Å². The van der Waals surface area contributed by atoms with Crippen molar-refractivity contribution in [3.8, 4) is 0 Å². The van der Waals surface area contributed by atoms with E-state index < -0.39 is 5.97 Å². The minimum atomic E-state index is -0.734. The molecule has 5 nitrogen and oxygen atoms in total. The van der Waals surface area contributed by atoms with Crippen LogP contribution in [0.15, 0.2) is 0 Å². The van der Waals surface area contributed by atoms with Crippen molar-refractivity contribution in [2.75, 3.05) is 20.1 Å². The van der Waals surface area contributed by atoms with E-state index >= 15 is 0 Å². The Labute approximate surface area is 116 Å². The van der Waals surface area contributed by atoms with Crippen LogP contribution >= 0.6 is 0 Å². The van der Waals surface area contributed by atoms with Gasteiger partial charge >= 0.3 is 12.0 Å². The van der Waals surface area contributed by atoms with E-state index in [1.54, 1.807) is 4.90 Å². The van der Waals surface area contributed by atoms with Gasteiger partial charge in [-0.15, -0.1) is 0 Å². The predicted octanol–water partition coefficient (Wildman–Crippen LogP) is 2.85. The molecule has 0 aliphatic rings. The Bertz CT molecular complexity index is 257. The van der Waals surface area contributed by atoms with Gasteiger partial charge in [0.2, 0.25) is 0 Å². The third-order valence-electron chi connectivity index (χ3n) is 3.04. The van der Waals surface area contributed by atoms with E-state index in [0.29, 0.717) is 6.54 Å². The molecule has 0 spiro atoms. The number of carbonyl (C=O) groups is 2. The first kappa shape index (κ1) is 17.7. The van der Waals surface area contributed by atoms with Crippen molar-refractivity contribution in [1.82, 2.24) is 10.2 Å². The maximum atomic E-state index is 11.7. The molecule has 0 aromatic carbocycles.